The Hall–Kier alpha value is -3.22. The molecule has 3 amide bonds. The molecule has 0 radical (unpaired) electrons. The lowest BCUT2D eigenvalue weighted by molar-refractivity contribution is -0.135. The Bertz CT molecular complexity index is 896. The number of hydrogen-bond acceptors (Lipinski definition) is 3. The van der Waals surface area contributed by atoms with Gasteiger partial charge in [0.2, 0.25) is 11.8 Å². The summed E-state index contributed by atoms with van der Waals surface area (Å²) in [7, 11) is 0. The second-order valence-electron chi connectivity index (χ2n) is 7.66. The first-order valence-electron chi connectivity index (χ1n) is 10.7. The van der Waals surface area contributed by atoms with Crippen LogP contribution in [0.3, 0.4) is 0 Å². The van der Waals surface area contributed by atoms with Gasteiger partial charge in [0, 0.05) is 44.1 Å². The number of amides is 3. The molecule has 0 atom stereocenters. The molecule has 1 saturated heterocycles. The van der Waals surface area contributed by atoms with Gasteiger partial charge in [-0.2, -0.15) is 0 Å². The van der Waals surface area contributed by atoms with Crippen molar-refractivity contribution in [2.45, 2.75) is 25.7 Å². The largest absolute Gasteiger partial charge is 0.356 e. The predicted molar refractivity (Wildman–Crippen MR) is 116 cm³/mol. The van der Waals surface area contributed by atoms with Crippen LogP contribution in [-0.4, -0.2) is 48.8 Å². The molecule has 6 nitrogen and oxygen atoms in total. The second kappa shape index (κ2) is 11.2. The standard InChI is InChI=1S/C24H28FN3O3/c25-21-9-5-4-6-18(21)10-14-26-24(31)20-12-16-28(17-13-20)22(29)11-15-27-23(30)19-7-2-1-3-8-19/h1-9,20H,10-17H2,(H,26,31)(H,27,30). The summed E-state index contributed by atoms with van der Waals surface area (Å²) < 4.78 is 13.6. The second-order valence-corrected chi connectivity index (χ2v) is 7.66. The molecule has 1 aliphatic rings. The summed E-state index contributed by atoms with van der Waals surface area (Å²) in [5.74, 6) is -0.657. The Kier molecular flexibility index (Phi) is 8.15. The topological polar surface area (TPSA) is 78.5 Å². The molecule has 0 unspecified atom stereocenters. The van der Waals surface area contributed by atoms with Crippen molar-refractivity contribution < 1.29 is 18.8 Å². The van der Waals surface area contributed by atoms with Crippen LogP contribution in [0.5, 0.6) is 0 Å². The van der Waals surface area contributed by atoms with Gasteiger partial charge in [-0.3, -0.25) is 14.4 Å². The van der Waals surface area contributed by atoms with Crippen LogP contribution in [0.4, 0.5) is 4.39 Å². The van der Waals surface area contributed by atoms with E-state index in [1.807, 2.05) is 6.07 Å². The number of nitrogens with one attached hydrogen (secondary N) is 2. The fourth-order valence-electron chi connectivity index (χ4n) is 3.69. The molecule has 0 saturated carbocycles. The molecule has 2 aromatic carbocycles. The van der Waals surface area contributed by atoms with Crippen molar-refractivity contribution in [2.75, 3.05) is 26.2 Å². The third-order valence-corrected chi connectivity index (χ3v) is 5.53. The SMILES string of the molecule is O=C(NCCC(=O)N1CCC(C(=O)NCCc2ccccc2F)CC1)c1ccccc1. The van der Waals surface area contributed by atoms with Crippen LogP contribution in [0.2, 0.25) is 0 Å². The van der Waals surface area contributed by atoms with E-state index in [9.17, 15) is 18.8 Å². The number of hydrogen-bond donors (Lipinski definition) is 2. The number of carbonyl (C=O) groups excluding carboxylic acids is 3. The normalized spacial score (nSPS) is 14.2. The Balaban J connectivity index is 1.33. The number of nitrogens with zero attached hydrogens (tertiary/aromatic N) is 1. The van der Waals surface area contributed by atoms with Gasteiger partial charge in [0.15, 0.2) is 0 Å². The van der Waals surface area contributed by atoms with Crippen molar-refractivity contribution in [3.05, 3.63) is 71.5 Å². The zero-order valence-electron chi connectivity index (χ0n) is 17.5. The summed E-state index contributed by atoms with van der Waals surface area (Å²) in [6.45, 7) is 1.72. The Morgan fingerprint density at radius 2 is 1.58 bits per heavy atom. The Morgan fingerprint density at radius 3 is 2.29 bits per heavy atom. The minimum atomic E-state index is -0.261. The zero-order chi connectivity index (χ0) is 22.1. The zero-order valence-corrected chi connectivity index (χ0v) is 17.5. The molecule has 2 aromatic rings. The molecule has 3 rings (SSSR count). The van der Waals surface area contributed by atoms with Crippen molar-refractivity contribution in [2.24, 2.45) is 5.92 Å². The first kappa shape index (κ1) is 22.5. The highest BCUT2D eigenvalue weighted by atomic mass is 19.1. The highest BCUT2D eigenvalue weighted by Gasteiger charge is 2.27. The van der Waals surface area contributed by atoms with Crippen LogP contribution < -0.4 is 10.6 Å². The van der Waals surface area contributed by atoms with Crippen LogP contribution in [0, 0.1) is 11.7 Å². The van der Waals surface area contributed by atoms with Crippen LogP contribution in [0.1, 0.15) is 35.2 Å². The van der Waals surface area contributed by atoms with Crippen molar-refractivity contribution in [1.82, 2.24) is 15.5 Å². The molecular weight excluding hydrogens is 397 g/mol. The maximum Gasteiger partial charge on any atom is 0.251 e. The van der Waals surface area contributed by atoms with E-state index < -0.39 is 0 Å². The lowest BCUT2D eigenvalue weighted by Crippen LogP contribution is -2.44. The molecule has 0 aliphatic carbocycles. The first-order chi connectivity index (χ1) is 15.0. The van der Waals surface area contributed by atoms with Gasteiger partial charge in [0.25, 0.3) is 5.91 Å². The summed E-state index contributed by atoms with van der Waals surface area (Å²) >= 11 is 0. The highest BCUT2D eigenvalue weighted by Crippen LogP contribution is 2.18. The van der Waals surface area contributed by atoms with Gasteiger partial charge in [-0.05, 0) is 43.0 Å². The maximum absolute atomic E-state index is 13.6. The number of carbonyl (C=O) groups is 3. The van der Waals surface area contributed by atoms with Crippen LogP contribution in [0.15, 0.2) is 54.6 Å². The van der Waals surface area contributed by atoms with E-state index in [-0.39, 0.29) is 42.4 Å². The third kappa shape index (κ3) is 6.64. The average Bonchev–Trinajstić information content (AvgIpc) is 2.80. The van der Waals surface area contributed by atoms with E-state index in [0.29, 0.717) is 50.0 Å². The van der Waals surface area contributed by atoms with E-state index in [1.165, 1.54) is 6.07 Å². The highest BCUT2D eigenvalue weighted by molar-refractivity contribution is 5.94. The Labute approximate surface area is 181 Å². The fraction of sp³-hybridized carbons (Fsp3) is 0.375. The van der Waals surface area contributed by atoms with E-state index in [4.69, 9.17) is 0 Å². The molecule has 1 heterocycles. The van der Waals surface area contributed by atoms with Gasteiger partial charge in [-0.1, -0.05) is 36.4 Å². The molecule has 1 aliphatic heterocycles. The number of rotatable bonds is 8. The molecule has 1 fully saturated rings. The smallest absolute Gasteiger partial charge is 0.251 e. The molecule has 164 valence electrons. The van der Waals surface area contributed by atoms with Crippen LogP contribution >= 0.6 is 0 Å². The van der Waals surface area contributed by atoms with Gasteiger partial charge < -0.3 is 15.5 Å². The van der Waals surface area contributed by atoms with Crippen molar-refractivity contribution in [3.8, 4) is 0 Å². The molecule has 2 N–H and O–H groups in total. The molecule has 7 heteroatoms. The number of likely N-dealkylation sites (tertiary alicyclic amines) is 1. The quantitative estimate of drug-likeness (QED) is 0.682. The van der Waals surface area contributed by atoms with Gasteiger partial charge in [0.1, 0.15) is 5.82 Å². The van der Waals surface area contributed by atoms with E-state index in [1.54, 1.807) is 47.4 Å². The van der Waals surface area contributed by atoms with E-state index in [0.717, 1.165) is 0 Å². The van der Waals surface area contributed by atoms with Crippen LogP contribution in [0.25, 0.3) is 0 Å². The lowest BCUT2D eigenvalue weighted by atomic mass is 9.95. The summed E-state index contributed by atoms with van der Waals surface area (Å²) in [5.41, 5.74) is 1.15. The number of benzene rings is 2. The Morgan fingerprint density at radius 1 is 0.903 bits per heavy atom. The van der Waals surface area contributed by atoms with Crippen molar-refractivity contribution in [1.29, 1.82) is 0 Å². The summed E-state index contributed by atoms with van der Waals surface area (Å²) in [5, 5.41) is 5.64. The van der Waals surface area contributed by atoms with Gasteiger partial charge in [0.05, 0.1) is 0 Å². The van der Waals surface area contributed by atoms with Gasteiger partial charge >= 0.3 is 0 Å². The monoisotopic (exact) mass is 425 g/mol. The lowest BCUT2D eigenvalue weighted by Gasteiger charge is -2.31. The minimum Gasteiger partial charge on any atom is -0.356 e. The molecule has 31 heavy (non-hydrogen) atoms. The van der Waals surface area contributed by atoms with E-state index >= 15 is 0 Å². The predicted octanol–water partition coefficient (Wildman–Crippen LogP) is 2.54. The molecule has 0 aromatic heterocycles. The fourth-order valence-corrected chi connectivity index (χ4v) is 3.69. The van der Waals surface area contributed by atoms with Crippen molar-refractivity contribution >= 4 is 17.7 Å². The van der Waals surface area contributed by atoms with Crippen molar-refractivity contribution in [3.63, 3.8) is 0 Å². The number of halogens is 1. The van der Waals surface area contributed by atoms with E-state index in [2.05, 4.69) is 10.6 Å². The summed E-state index contributed by atoms with van der Waals surface area (Å²) in [6, 6.07) is 15.4. The summed E-state index contributed by atoms with van der Waals surface area (Å²) in [4.78, 5) is 38.5. The summed E-state index contributed by atoms with van der Waals surface area (Å²) in [6.07, 6.45) is 1.89. The average molecular weight is 426 g/mol. The maximum atomic E-state index is 13.6. The molecule has 0 spiro atoms. The van der Waals surface area contributed by atoms with Crippen LogP contribution in [-0.2, 0) is 16.0 Å². The molecule has 0 bridgehead atoms. The number of piperidine rings is 1. The minimum absolute atomic E-state index is 0.0215. The third-order valence-electron chi connectivity index (χ3n) is 5.53. The molecular formula is C24H28FN3O3. The first-order valence-corrected chi connectivity index (χ1v) is 10.7. The van der Waals surface area contributed by atoms with Gasteiger partial charge in [-0.15, -0.1) is 0 Å². The van der Waals surface area contributed by atoms with Gasteiger partial charge in [-0.25, -0.2) is 4.39 Å².